The average molecular weight is 362 g/mol. The first-order chi connectivity index (χ1) is 11.9. The standard InChI is InChI=1S/C18H27N5OS/c1-5-12-23-16(14-6-9-19-10-7-14)21-22-17(23)25-13-15(24)20-11-8-18(2,3)4/h6-7,9-10H,5,8,11-13H2,1-4H3,(H,20,24). The van der Waals surface area contributed by atoms with Crippen molar-refractivity contribution in [2.24, 2.45) is 5.41 Å². The van der Waals surface area contributed by atoms with Crippen LogP contribution in [0.2, 0.25) is 0 Å². The van der Waals surface area contributed by atoms with Gasteiger partial charge in [0.25, 0.3) is 0 Å². The molecule has 136 valence electrons. The number of carbonyl (C=O) groups is 1. The minimum absolute atomic E-state index is 0.0331. The molecule has 0 aliphatic heterocycles. The van der Waals surface area contributed by atoms with Crippen molar-refractivity contribution >= 4 is 17.7 Å². The Bertz CT molecular complexity index is 679. The molecule has 7 heteroatoms. The van der Waals surface area contributed by atoms with E-state index in [2.05, 4.69) is 52.8 Å². The summed E-state index contributed by atoms with van der Waals surface area (Å²) in [5.74, 6) is 1.20. The summed E-state index contributed by atoms with van der Waals surface area (Å²) in [6.07, 6.45) is 5.43. The third-order valence-electron chi connectivity index (χ3n) is 3.63. The number of amides is 1. The molecule has 0 fully saturated rings. The Kier molecular flexibility index (Phi) is 6.99. The molecule has 0 aliphatic carbocycles. The molecule has 0 aromatic carbocycles. The summed E-state index contributed by atoms with van der Waals surface area (Å²) < 4.78 is 2.07. The largest absolute Gasteiger partial charge is 0.355 e. The quantitative estimate of drug-likeness (QED) is 0.730. The summed E-state index contributed by atoms with van der Waals surface area (Å²) in [6.45, 7) is 10.1. The topological polar surface area (TPSA) is 72.7 Å². The van der Waals surface area contributed by atoms with Crippen LogP contribution in [0.3, 0.4) is 0 Å². The smallest absolute Gasteiger partial charge is 0.230 e. The number of hydrogen-bond donors (Lipinski definition) is 1. The highest BCUT2D eigenvalue weighted by molar-refractivity contribution is 7.99. The number of hydrogen-bond acceptors (Lipinski definition) is 5. The molecule has 0 spiro atoms. The van der Waals surface area contributed by atoms with E-state index >= 15 is 0 Å². The molecular formula is C18H27N5OS. The molecule has 0 bridgehead atoms. The fourth-order valence-electron chi connectivity index (χ4n) is 2.29. The maximum Gasteiger partial charge on any atom is 0.230 e. The van der Waals surface area contributed by atoms with Gasteiger partial charge >= 0.3 is 0 Å². The zero-order valence-electron chi connectivity index (χ0n) is 15.5. The molecule has 1 N–H and O–H groups in total. The van der Waals surface area contributed by atoms with Crippen LogP contribution in [0, 0.1) is 5.41 Å². The zero-order valence-corrected chi connectivity index (χ0v) is 16.3. The van der Waals surface area contributed by atoms with Gasteiger partial charge in [-0.15, -0.1) is 10.2 Å². The number of nitrogens with zero attached hydrogens (tertiary/aromatic N) is 4. The van der Waals surface area contributed by atoms with E-state index in [1.807, 2.05) is 12.1 Å². The molecule has 0 saturated heterocycles. The molecule has 2 aromatic rings. The van der Waals surface area contributed by atoms with E-state index in [-0.39, 0.29) is 11.3 Å². The van der Waals surface area contributed by atoms with Gasteiger partial charge in [-0.1, -0.05) is 39.5 Å². The lowest BCUT2D eigenvalue weighted by atomic mass is 9.92. The summed E-state index contributed by atoms with van der Waals surface area (Å²) >= 11 is 1.43. The minimum atomic E-state index is 0.0331. The van der Waals surface area contributed by atoms with E-state index in [1.54, 1.807) is 12.4 Å². The number of carbonyl (C=O) groups excluding carboxylic acids is 1. The van der Waals surface area contributed by atoms with Crippen LogP contribution in [0.5, 0.6) is 0 Å². The Morgan fingerprint density at radius 2 is 1.96 bits per heavy atom. The van der Waals surface area contributed by atoms with E-state index in [4.69, 9.17) is 0 Å². The van der Waals surface area contributed by atoms with Gasteiger partial charge in [0.1, 0.15) is 0 Å². The molecule has 0 atom stereocenters. The van der Waals surface area contributed by atoms with Crippen LogP contribution >= 0.6 is 11.8 Å². The van der Waals surface area contributed by atoms with Gasteiger partial charge in [0.2, 0.25) is 5.91 Å². The van der Waals surface area contributed by atoms with Crippen LogP contribution in [0.1, 0.15) is 40.5 Å². The van der Waals surface area contributed by atoms with Crippen LogP contribution in [-0.2, 0) is 11.3 Å². The lowest BCUT2D eigenvalue weighted by molar-refractivity contribution is -0.118. The zero-order chi connectivity index (χ0) is 18.3. The van der Waals surface area contributed by atoms with Crippen molar-refractivity contribution in [1.29, 1.82) is 0 Å². The maximum atomic E-state index is 12.1. The lowest BCUT2D eigenvalue weighted by Gasteiger charge is -2.17. The molecular weight excluding hydrogens is 334 g/mol. The third-order valence-corrected chi connectivity index (χ3v) is 4.60. The van der Waals surface area contributed by atoms with Crippen molar-refractivity contribution in [3.63, 3.8) is 0 Å². The lowest BCUT2D eigenvalue weighted by Crippen LogP contribution is -2.28. The van der Waals surface area contributed by atoms with Crippen LogP contribution in [-0.4, -0.2) is 38.0 Å². The number of thioether (sulfide) groups is 1. The van der Waals surface area contributed by atoms with Gasteiger partial charge in [0.05, 0.1) is 5.75 Å². The summed E-state index contributed by atoms with van der Waals surface area (Å²) in [5.41, 5.74) is 1.21. The summed E-state index contributed by atoms with van der Waals surface area (Å²) in [7, 11) is 0. The van der Waals surface area contributed by atoms with Gasteiger partial charge in [-0.05, 0) is 30.4 Å². The Hall–Kier alpha value is -1.89. The highest BCUT2D eigenvalue weighted by Crippen LogP contribution is 2.24. The van der Waals surface area contributed by atoms with E-state index in [1.165, 1.54) is 11.8 Å². The van der Waals surface area contributed by atoms with Crippen LogP contribution in [0.25, 0.3) is 11.4 Å². The molecule has 2 heterocycles. The Morgan fingerprint density at radius 1 is 1.24 bits per heavy atom. The molecule has 2 rings (SSSR count). The van der Waals surface area contributed by atoms with Crippen LogP contribution in [0.4, 0.5) is 0 Å². The monoisotopic (exact) mass is 361 g/mol. The number of rotatable bonds is 8. The molecule has 0 unspecified atom stereocenters. The highest BCUT2D eigenvalue weighted by Gasteiger charge is 2.15. The average Bonchev–Trinajstić information content (AvgIpc) is 2.96. The number of pyridine rings is 1. The Labute approximate surface area is 153 Å². The molecule has 25 heavy (non-hydrogen) atoms. The van der Waals surface area contributed by atoms with E-state index in [0.29, 0.717) is 12.3 Å². The van der Waals surface area contributed by atoms with Gasteiger partial charge in [0, 0.05) is 31.0 Å². The first-order valence-corrected chi connectivity index (χ1v) is 9.62. The summed E-state index contributed by atoms with van der Waals surface area (Å²) in [6, 6.07) is 3.84. The number of aromatic nitrogens is 4. The van der Waals surface area contributed by atoms with Crippen molar-refractivity contribution in [3.8, 4) is 11.4 Å². The predicted molar refractivity (Wildman–Crippen MR) is 101 cm³/mol. The van der Waals surface area contributed by atoms with Gasteiger partial charge in [0.15, 0.2) is 11.0 Å². The van der Waals surface area contributed by atoms with Gasteiger partial charge in [-0.25, -0.2) is 0 Å². The van der Waals surface area contributed by atoms with Gasteiger partial charge in [-0.3, -0.25) is 9.78 Å². The van der Waals surface area contributed by atoms with E-state index in [0.717, 1.165) is 35.9 Å². The first kappa shape index (κ1) is 19.4. The van der Waals surface area contributed by atoms with Crippen LogP contribution in [0.15, 0.2) is 29.7 Å². The fourth-order valence-corrected chi connectivity index (χ4v) is 3.09. The Balaban J connectivity index is 1.98. The second kappa shape index (κ2) is 8.99. The van der Waals surface area contributed by atoms with E-state index in [9.17, 15) is 4.79 Å². The Morgan fingerprint density at radius 3 is 2.60 bits per heavy atom. The maximum absolute atomic E-state index is 12.1. The summed E-state index contributed by atoms with van der Waals surface area (Å²) in [4.78, 5) is 16.1. The SMILES string of the molecule is CCCn1c(SCC(=O)NCCC(C)(C)C)nnc1-c1ccncc1. The molecule has 0 radical (unpaired) electrons. The van der Waals surface area contributed by atoms with Crippen molar-refractivity contribution in [3.05, 3.63) is 24.5 Å². The predicted octanol–water partition coefficient (Wildman–Crippen LogP) is 3.39. The van der Waals surface area contributed by atoms with Gasteiger partial charge < -0.3 is 9.88 Å². The molecule has 1 amide bonds. The summed E-state index contributed by atoms with van der Waals surface area (Å²) in [5, 5.41) is 12.3. The highest BCUT2D eigenvalue weighted by atomic mass is 32.2. The van der Waals surface area contributed by atoms with Crippen molar-refractivity contribution in [2.75, 3.05) is 12.3 Å². The molecule has 2 aromatic heterocycles. The second-order valence-corrected chi connectivity index (χ2v) is 8.09. The molecule has 6 nitrogen and oxygen atoms in total. The van der Waals surface area contributed by atoms with Crippen molar-refractivity contribution < 1.29 is 4.79 Å². The minimum Gasteiger partial charge on any atom is -0.355 e. The molecule has 0 saturated carbocycles. The van der Waals surface area contributed by atoms with Gasteiger partial charge in [-0.2, -0.15) is 0 Å². The fraction of sp³-hybridized carbons (Fsp3) is 0.556. The molecule has 0 aliphatic rings. The van der Waals surface area contributed by atoms with Crippen LogP contribution < -0.4 is 5.32 Å². The third kappa shape index (κ3) is 6.16. The van der Waals surface area contributed by atoms with Crippen molar-refractivity contribution in [2.45, 2.75) is 52.2 Å². The second-order valence-electron chi connectivity index (χ2n) is 7.14. The number of nitrogens with one attached hydrogen (secondary N) is 1. The normalized spacial score (nSPS) is 11.5. The first-order valence-electron chi connectivity index (χ1n) is 8.64. The van der Waals surface area contributed by atoms with Crippen molar-refractivity contribution in [1.82, 2.24) is 25.1 Å². The van der Waals surface area contributed by atoms with E-state index < -0.39 is 0 Å².